The van der Waals surface area contributed by atoms with Gasteiger partial charge in [-0.3, -0.25) is 0 Å². The van der Waals surface area contributed by atoms with Gasteiger partial charge in [0.2, 0.25) is 0 Å². The van der Waals surface area contributed by atoms with E-state index in [9.17, 15) is 0 Å². The molecule has 2 fully saturated rings. The predicted molar refractivity (Wildman–Crippen MR) is 98.5 cm³/mol. The minimum atomic E-state index is 0.818. The summed E-state index contributed by atoms with van der Waals surface area (Å²) in [6.07, 6.45) is 4.29. The smallest absolute Gasteiger partial charge is 0.0110 e. The molecular formula is C19H41N3. The third-order valence-electron chi connectivity index (χ3n) is 4.86. The number of nitrogens with zero attached hydrogens (tertiary/aromatic N) is 3. The predicted octanol–water partition coefficient (Wildman–Crippen LogP) is 3.26. The van der Waals surface area contributed by atoms with Crippen LogP contribution in [0.2, 0.25) is 0 Å². The van der Waals surface area contributed by atoms with Gasteiger partial charge in [-0.1, -0.05) is 27.7 Å². The second kappa shape index (κ2) is 10.6. The molecule has 0 unspecified atom stereocenters. The molecule has 0 radical (unpaired) electrons. The second-order valence-corrected chi connectivity index (χ2v) is 8.37. The molecule has 2 rings (SSSR count). The summed E-state index contributed by atoms with van der Waals surface area (Å²) >= 11 is 0. The van der Waals surface area contributed by atoms with Gasteiger partial charge in [0.05, 0.1) is 0 Å². The third-order valence-corrected chi connectivity index (χ3v) is 4.86. The van der Waals surface area contributed by atoms with Crippen LogP contribution < -0.4 is 0 Å². The van der Waals surface area contributed by atoms with E-state index < -0.39 is 0 Å². The Kier molecular flexibility index (Phi) is 9.62. The molecule has 3 nitrogen and oxygen atoms in total. The van der Waals surface area contributed by atoms with E-state index in [1.165, 1.54) is 65.1 Å². The van der Waals surface area contributed by atoms with Gasteiger partial charge < -0.3 is 14.7 Å². The fraction of sp³-hybridized carbons (Fsp3) is 1.00. The molecule has 2 heterocycles. The summed E-state index contributed by atoms with van der Waals surface area (Å²) in [5, 5.41) is 0. The number of piperidine rings is 1. The van der Waals surface area contributed by atoms with Crippen LogP contribution in [0.1, 0.15) is 47.0 Å². The van der Waals surface area contributed by atoms with E-state index in [1.54, 1.807) is 0 Å². The normalized spacial score (nSPS) is 22.9. The van der Waals surface area contributed by atoms with E-state index in [4.69, 9.17) is 0 Å². The zero-order valence-electron chi connectivity index (χ0n) is 16.1. The monoisotopic (exact) mass is 311 g/mol. The van der Waals surface area contributed by atoms with Crippen LogP contribution in [0.3, 0.4) is 0 Å². The molecule has 0 aromatic carbocycles. The fourth-order valence-corrected chi connectivity index (χ4v) is 3.51. The average Bonchev–Trinajstić information content (AvgIpc) is 2.44. The Hall–Kier alpha value is -0.120. The summed E-state index contributed by atoms with van der Waals surface area (Å²) in [5.74, 6) is 2.73. The van der Waals surface area contributed by atoms with Crippen LogP contribution in [0.4, 0.5) is 0 Å². The molecule has 2 aliphatic heterocycles. The molecule has 0 atom stereocenters. The molecule has 2 aliphatic rings. The molecule has 0 aliphatic carbocycles. The lowest BCUT2D eigenvalue weighted by Gasteiger charge is -2.33. The van der Waals surface area contributed by atoms with Gasteiger partial charge in [0, 0.05) is 32.7 Å². The third kappa shape index (κ3) is 9.12. The first-order chi connectivity index (χ1) is 10.4. The summed E-state index contributed by atoms with van der Waals surface area (Å²) in [5.41, 5.74) is 0. The van der Waals surface area contributed by atoms with Crippen LogP contribution in [0, 0.1) is 17.8 Å². The largest absolute Gasteiger partial charge is 0.306 e. The van der Waals surface area contributed by atoms with Crippen molar-refractivity contribution in [3.63, 3.8) is 0 Å². The van der Waals surface area contributed by atoms with Gasteiger partial charge in [-0.2, -0.15) is 0 Å². The van der Waals surface area contributed by atoms with Crippen LogP contribution in [0.25, 0.3) is 0 Å². The standard InChI is InChI=1S/C10H21N.C9H20N2/c1-9(2)8-10-4-6-11(3)7-5-10;1-9(2)8-11-6-4-10(3)5-7-11/h9-10H,4-8H2,1-3H3;9H,4-8H2,1-3H3. The molecule has 0 amide bonds. The average molecular weight is 312 g/mol. The Morgan fingerprint density at radius 3 is 1.68 bits per heavy atom. The zero-order valence-corrected chi connectivity index (χ0v) is 16.1. The minimum Gasteiger partial charge on any atom is -0.306 e. The van der Waals surface area contributed by atoms with Gasteiger partial charge >= 0.3 is 0 Å². The van der Waals surface area contributed by atoms with E-state index in [-0.39, 0.29) is 0 Å². The van der Waals surface area contributed by atoms with Crippen LogP contribution >= 0.6 is 0 Å². The highest BCUT2D eigenvalue weighted by Gasteiger charge is 2.17. The van der Waals surface area contributed by atoms with E-state index in [2.05, 4.69) is 56.5 Å². The van der Waals surface area contributed by atoms with E-state index in [0.29, 0.717) is 0 Å². The highest BCUT2D eigenvalue weighted by molar-refractivity contribution is 4.71. The molecule has 0 N–H and O–H groups in total. The van der Waals surface area contributed by atoms with Crippen molar-refractivity contribution in [1.82, 2.24) is 14.7 Å². The number of piperazine rings is 1. The molecule has 0 spiro atoms. The summed E-state index contributed by atoms with van der Waals surface area (Å²) in [7, 11) is 4.43. The van der Waals surface area contributed by atoms with Crippen molar-refractivity contribution in [2.24, 2.45) is 17.8 Å². The molecule has 0 saturated carbocycles. The topological polar surface area (TPSA) is 9.72 Å². The van der Waals surface area contributed by atoms with Crippen LogP contribution in [-0.2, 0) is 0 Å². The van der Waals surface area contributed by atoms with Crippen molar-refractivity contribution < 1.29 is 0 Å². The molecule has 132 valence electrons. The Balaban J connectivity index is 0.000000220. The number of hydrogen-bond acceptors (Lipinski definition) is 3. The molecule has 0 aromatic heterocycles. The molecule has 0 aromatic rings. The highest BCUT2D eigenvalue weighted by Crippen LogP contribution is 2.22. The maximum absolute atomic E-state index is 2.56. The second-order valence-electron chi connectivity index (χ2n) is 8.37. The Morgan fingerprint density at radius 1 is 0.727 bits per heavy atom. The van der Waals surface area contributed by atoms with Crippen LogP contribution in [0.5, 0.6) is 0 Å². The van der Waals surface area contributed by atoms with Crippen LogP contribution in [0.15, 0.2) is 0 Å². The van der Waals surface area contributed by atoms with Gasteiger partial charge in [-0.25, -0.2) is 0 Å². The van der Waals surface area contributed by atoms with Crippen molar-refractivity contribution in [3.05, 3.63) is 0 Å². The van der Waals surface area contributed by atoms with E-state index >= 15 is 0 Å². The van der Waals surface area contributed by atoms with Crippen LogP contribution in [-0.4, -0.2) is 74.6 Å². The van der Waals surface area contributed by atoms with Crippen molar-refractivity contribution >= 4 is 0 Å². The minimum absolute atomic E-state index is 0.818. The highest BCUT2D eigenvalue weighted by atomic mass is 15.2. The number of rotatable bonds is 4. The van der Waals surface area contributed by atoms with Crippen molar-refractivity contribution in [3.8, 4) is 0 Å². The molecule has 0 bridgehead atoms. The molecule has 3 heteroatoms. The van der Waals surface area contributed by atoms with Crippen molar-refractivity contribution in [1.29, 1.82) is 0 Å². The van der Waals surface area contributed by atoms with E-state index in [1.807, 2.05) is 0 Å². The number of likely N-dealkylation sites (tertiary alicyclic amines) is 1. The van der Waals surface area contributed by atoms with Gasteiger partial charge in [-0.15, -0.1) is 0 Å². The lowest BCUT2D eigenvalue weighted by atomic mass is 9.89. The maximum atomic E-state index is 2.56. The van der Waals surface area contributed by atoms with Crippen molar-refractivity contribution in [2.75, 3.05) is 59.9 Å². The Morgan fingerprint density at radius 2 is 1.23 bits per heavy atom. The molecule has 22 heavy (non-hydrogen) atoms. The summed E-state index contributed by atoms with van der Waals surface area (Å²) in [6.45, 7) is 18.2. The zero-order chi connectivity index (χ0) is 16.5. The summed E-state index contributed by atoms with van der Waals surface area (Å²) < 4.78 is 0. The Labute approximate surface area is 140 Å². The summed E-state index contributed by atoms with van der Waals surface area (Å²) in [6, 6.07) is 0. The number of likely N-dealkylation sites (N-methyl/N-ethyl adjacent to an activating group) is 1. The lowest BCUT2D eigenvalue weighted by molar-refractivity contribution is 0.141. The van der Waals surface area contributed by atoms with Gasteiger partial charge in [0.25, 0.3) is 0 Å². The van der Waals surface area contributed by atoms with Gasteiger partial charge in [0.15, 0.2) is 0 Å². The SMILES string of the molecule is CC(C)CC1CCN(C)CC1.CC(C)CN1CCN(C)CC1. The number of hydrogen-bond donors (Lipinski definition) is 0. The first-order valence-corrected chi connectivity index (χ1v) is 9.46. The lowest BCUT2D eigenvalue weighted by Crippen LogP contribution is -2.45. The maximum Gasteiger partial charge on any atom is 0.0110 e. The first-order valence-electron chi connectivity index (χ1n) is 9.46. The fourth-order valence-electron chi connectivity index (χ4n) is 3.51. The molecular weight excluding hydrogens is 270 g/mol. The molecule has 2 saturated heterocycles. The quantitative estimate of drug-likeness (QED) is 0.789. The van der Waals surface area contributed by atoms with Crippen molar-refractivity contribution in [2.45, 2.75) is 47.0 Å². The Bertz CT molecular complexity index is 234. The first kappa shape index (κ1) is 19.9. The summed E-state index contributed by atoms with van der Waals surface area (Å²) in [4.78, 5) is 7.40. The van der Waals surface area contributed by atoms with E-state index in [0.717, 1.165) is 17.8 Å². The van der Waals surface area contributed by atoms with Gasteiger partial charge in [0.1, 0.15) is 0 Å². The van der Waals surface area contributed by atoms with Gasteiger partial charge in [-0.05, 0) is 64.2 Å².